The van der Waals surface area contributed by atoms with Gasteiger partial charge in [0, 0.05) is 82.5 Å². The third-order valence-corrected chi connectivity index (χ3v) is 23.6. The predicted octanol–water partition coefficient (Wildman–Crippen LogP) is 6.26. The molecule has 12 atom stereocenters. The molecule has 616 valence electrons. The molecule has 1 spiro atoms. The minimum atomic E-state index is -5.24. The van der Waals surface area contributed by atoms with Crippen molar-refractivity contribution in [2.75, 3.05) is 89.2 Å². The van der Waals surface area contributed by atoms with Crippen LogP contribution < -0.4 is 16.0 Å². The van der Waals surface area contributed by atoms with Crippen LogP contribution in [0.5, 0.6) is 0 Å². The number of likely N-dealkylation sites (N-methyl/N-ethyl adjacent to an activating group) is 7. The van der Waals surface area contributed by atoms with E-state index in [1.165, 1.54) is 42.2 Å². The van der Waals surface area contributed by atoms with Gasteiger partial charge < -0.3 is 64.8 Å². The van der Waals surface area contributed by atoms with Crippen molar-refractivity contribution in [3.8, 4) is 0 Å². The van der Waals surface area contributed by atoms with E-state index in [4.69, 9.17) is 4.74 Å². The van der Waals surface area contributed by atoms with Crippen molar-refractivity contribution >= 4 is 70.9 Å². The number of carbonyl (C=O) groups is 12. The standard InChI is InChI=1S/C73H109F11N12O13/c1-12-41(3)59-67(106)90(7)40-57(99)91(8)50-22-15-14-18-31-95(66(50)105)53(34-42-23-26-45(27-24-42)72(79,80)81)65(104)89(6)39-55(97)85-49(28-25-43-32-47(74)58(48(75)33-43)73(82,83)84)63(102)96-38-46(109-13-2)35-51(96)62(101)87-70(29-19-30-70)69(108)94(11)60(44-20-16-17-21-44)68(107)93(10)52(64(103)88(4)5)36-56(98)92(9)54(61(100)86-59)37-71(76,77)78/h14-15,41-54,58-60H,12-13,16-40H2,1-11H3,(H,85,97)(H,86,100)(H,87,101)/b15-14-/t41-,42?,43?,45?,46+,47?,48?,49-,50-,51-,52-,53-,54-,58?,59-,60-/m0/s1. The van der Waals surface area contributed by atoms with Gasteiger partial charge in [0.05, 0.1) is 38.0 Å². The number of halogens is 11. The van der Waals surface area contributed by atoms with Gasteiger partial charge in [0.25, 0.3) is 0 Å². The highest BCUT2D eigenvalue weighted by atomic mass is 19.4. The molecule has 0 aromatic heterocycles. The summed E-state index contributed by atoms with van der Waals surface area (Å²) in [7, 11) is 9.45. The van der Waals surface area contributed by atoms with Crippen LogP contribution in [0.4, 0.5) is 48.3 Å². The molecule has 3 heterocycles. The molecule has 4 aliphatic carbocycles. The van der Waals surface area contributed by atoms with E-state index in [0.29, 0.717) is 37.0 Å². The molecule has 0 radical (unpaired) electrons. The molecule has 109 heavy (non-hydrogen) atoms. The lowest BCUT2D eigenvalue weighted by molar-refractivity contribution is -0.219. The van der Waals surface area contributed by atoms with Gasteiger partial charge in [-0.2, -0.15) is 39.5 Å². The van der Waals surface area contributed by atoms with Gasteiger partial charge in [-0.1, -0.05) is 45.3 Å². The van der Waals surface area contributed by atoms with E-state index in [-0.39, 0.29) is 96.7 Å². The Balaban J connectivity index is 1.33. The van der Waals surface area contributed by atoms with Crippen molar-refractivity contribution < 1.29 is 111 Å². The monoisotopic (exact) mass is 1570 g/mol. The van der Waals surface area contributed by atoms with Crippen LogP contribution in [0.2, 0.25) is 0 Å². The number of hydrogen-bond donors (Lipinski definition) is 3. The number of carbonyl (C=O) groups excluding carboxylic acids is 12. The van der Waals surface area contributed by atoms with E-state index >= 15 is 37.5 Å². The van der Waals surface area contributed by atoms with E-state index < -0.39 is 242 Å². The van der Waals surface area contributed by atoms with E-state index in [0.717, 1.165) is 60.3 Å². The molecule has 25 nitrogen and oxygen atoms in total. The lowest BCUT2D eigenvalue weighted by Gasteiger charge is -2.46. The van der Waals surface area contributed by atoms with Crippen LogP contribution in [0.25, 0.3) is 0 Å². The lowest BCUT2D eigenvalue weighted by atomic mass is 9.74. The lowest BCUT2D eigenvalue weighted by Crippen LogP contribution is -2.68. The van der Waals surface area contributed by atoms with Crippen molar-refractivity contribution in [2.24, 2.45) is 35.5 Å². The fourth-order valence-corrected chi connectivity index (χ4v) is 16.7. The second-order valence-electron chi connectivity index (χ2n) is 31.3. The molecular weight excluding hydrogens is 1460 g/mol. The fraction of sp³-hybridized carbons (Fsp3) is 0.808. The SMILES string of the molecule is CCO[C@@H]1C[C@H]2C(=O)NC3(CCC3)C(=O)N(C)[C@@H](C3CCCC3)C(=O)N(C)[C@H](C(=O)N(C)C)CC(=O)N(C)[C@@H](CC(F)(F)F)C(=O)N[C@@H]([C@@H](C)CC)C(=O)N(C)CC(=O)N(C)[C@H]3C/C=C\CCN(C3=O)[C@@H](CC3CCC(C(F)(F)F)CC3)C(=O)N(C)CC(=O)N[C@@H](CCC3CC(F)C(C(F)(F)F)C(F)C3)C(=O)N2C1. The van der Waals surface area contributed by atoms with Gasteiger partial charge in [0.2, 0.25) is 70.9 Å². The molecule has 7 aliphatic rings. The van der Waals surface area contributed by atoms with Crippen molar-refractivity contribution in [1.82, 2.24) is 60.0 Å². The van der Waals surface area contributed by atoms with Crippen LogP contribution >= 0.6 is 0 Å². The number of fused-ring (bicyclic) bond motifs is 3. The van der Waals surface area contributed by atoms with Gasteiger partial charge in [-0.05, 0) is 133 Å². The molecule has 7 rings (SSSR count). The van der Waals surface area contributed by atoms with Crippen molar-refractivity contribution in [1.29, 1.82) is 0 Å². The Hall–Kier alpha value is -7.43. The van der Waals surface area contributed by atoms with Gasteiger partial charge in [0.1, 0.15) is 72.1 Å². The van der Waals surface area contributed by atoms with E-state index in [2.05, 4.69) is 16.0 Å². The molecule has 2 unspecified atom stereocenters. The van der Waals surface area contributed by atoms with Crippen molar-refractivity contribution in [2.45, 2.75) is 253 Å². The summed E-state index contributed by atoms with van der Waals surface area (Å²) in [6, 6.07) is -13.7. The number of nitrogens with zero attached hydrogens (tertiary/aromatic N) is 9. The summed E-state index contributed by atoms with van der Waals surface area (Å²) in [6.07, 6.45) is -22.6. The summed E-state index contributed by atoms with van der Waals surface area (Å²) in [6.45, 7) is 2.40. The minimum absolute atomic E-state index is 0.0238. The maximum atomic E-state index is 15.5. The number of hydrogen-bond acceptors (Lipinski definition) is 13. The Morgan fingerprint density at radius 3 is 1.80 bits per heavy atom. The number of rotatable bonds is 12. The summed E-state index contributed by atoms with van der Waals surface area (Å²) in [5.74, 6) is -19.9. The van der Waals surface area contributed by atoms with Gasteiger partial charge >= 0.3 is 18.5 Å². The number of alkyl halides is 11. The Morgan fingerprint density at radius 2 is 1.25 bits per heavy atom. The summed E-state index contributed by atoms with van der Waals surface area (Å²) < 4.78 is 165. The predicted molar refractivity (Wildman–Crippen MR) is 372 cm³/mol. The second-order valence-corrected chi connectivity index (χ2v) is 31.3. The summed E-state index contributed by atoms with van der Waals surface area (Å²) in [5.41, 5.74) is -1.79. The molecule has 3 aliphatic heterocycles. The zero-order valence-corrected chi connectivity index (χ0v) is 64.1. The molecule has 6 fully saturated rings. The third-order valence-electron chi connectivity index (χ3n) is 23.6. The quantitative estimate of drug-likeness (QED) is 0.144. The van der Waals surface area contributed by atoms with E-state index in [9.17, 15) is 68.3 Å². The van der Waals surface area contributed by atoms with Gasteiger partial charge in [-0.25, -0.2) is 8.78 Å². The molecular formula is C73H109F11N12O13. The fourth-order valence-electron chi connectivity index (χ4n) is 16.7. The van der Waals surface area contributed by atoms with Gasteiger partial charge in [-0.3, -0.25) is 57.5 Å². The third kappa shape index (κ3) is 21.8. The second kappa shape index (κ2) is 37.3. The molecule has 4 saturated carbocycles. The number of nitrogens with one attached hydrogen (secondary N) is 3. The summed E-state index contributed by atoms with van der Waals surface area (Å²) >= 11 is 0. The topological polar surface area (TPSA) is 279 Å². The average Bonchev–Trinajstić information content (AvgIpc) is 1.69. The van der Waals surface area contributed by atoms with E-state index in [1.807, 2.05) is 0 Å². The highest BCUT2D eigenvalue weighted by molar-refractivity contribution is 6.01. The molecule has 2 bridgehead atoms. The molecule has 12 amide bonds. The van der Waals surface area contributed by atoms with E-state index in [1.54, 1.807) is 26.0 Å². The first-order valence-electron chi connectivity index (χ1n) is 37.9. The molecule has 0 aromatic carbocycles. The molecule has 3 N–H and O–H groups in total. The molecule has 36 heteroatoms. The van der Waals surface area contributed by atoms with Crippen LogP contribution in [0.3, 0.4) is 0 Å². The van der Waals surface area contributed by atoms with Crippen LogP contribution in [0, 0.1) is 35.5 Å². The number of amides is 12. The first-order valence-corrected chi connectivity index (χ1v) is 37.9. The number of ether oxygens (including phenoxy) is 1. The first kappa shape index (κ1) is 88.8. The van der Waals surface area contributed by atoms with Crippen molar-refractivity contribution in [3.05, 3.63) is 12.2 Å². The normalized spacial score (nSPS) is 31.9. The van der Waals surface area contributed by atoms with Crippen LogP contribution in [-0.4, -0.2) is 295 Å². The highest BCUT2D eigenvalue weighted by Crippen LogP contribution is 2.46. The molecule has 0 aromatic rings. The Bertz CT molecular complexity index is 3280. The minimum Gasteiger partial charge on any atom is -0.377 e. The Kier molecular flexibility index (Phi) is 30.4. The maximum Gasteiger partial charge on any atom is 0.397 e. The van der Waals surface area contributed by atoms with Crippen LogP contribution in [0.15, 0.2) is 12.2 Å². The smallest absolute Gasteiger partial charge is 0.377 e. The summed E-state index contributed by atoms with van der Waals surface area (Å²) in [5, 5.41) is 7.80. The zero-order chi connectivity index (χ0) is 81.3. The zero-order valence-electron chi connectivity index (χ0n) is 64.1. The van der Waals surface area contributed by atoms with Crippen LogP contribution in [-0.2, 0) is 62.3 Å². The highest BCUT2D eigenvalue weighted by Gasteiger charge is 2.56. The average molecular weight is 1570 g/mol. The Morgan fingerprint density at radius 1 is 0.633 bits per heavy atom. The van der Waals surface area contributed by atoms with Gasteiger partial charge in [-0.15, -0.1) is 0 Å². The van der Waals surface area contributed by atoms with Gasteiger partial charge in [0.15, 0.2) is 0 Å². The van der Waals surface area contributed by atoms with Crippen LogP contribution in [0.1, 0.15) is 162 Å². The maximum absolute atomic E-state index is 15.5. The van der Waals surface area contributed by atoms with Crippen molar-refractivity contribution in [3.63, 3.8) is 0 Å². The largest absolute Gasteiger partial charge is 0.397 e. The summed E-state index contributed by atoms with van der Waals surface area (Å²) in [4.78, 5) is 188. The Labute approximate surface area is 629 Å². The first-order chi connectivity index (χ1) is 50.9. The molecule has 2 saturated heterocycles.